The number of rotatable bonds is 13. The molecule has 0 bridgehead atoms. The zero-order chi connectivity index (χ0) is 20.2. The molecule has 1 aromatic rings. The third-order valence-corrected chi connectivity index (χ3v) is 4.33. The number of Topliss-reactive ketones (excluding diaryl/α,β-unsaturated/α-hetero) is 1. The van der Waals surface area contributed by atoms with Crippen molar-refractivity contribution in [3.63, 3.8) is 0 Å². The van der Waals surface area contributed by atoms with Gasteiger partial charge in [0.1, 0.15) is 0 Å². The van der Waals surface area contributed by atoms with Gasteiger partial charge in [0.15, 0.2) is 17.3 Å². The fourth-order valence-corrected chi connectivity index (χ4v) is 3.02. The summed E-state index contributed by atoms with van der Waals surface area (Å²) in [5.74, 6) is 0.606. The van der Waals surface area contributed by atoms with E-state index in [0.29, 0.717) is 34.8 Å². The molecule has 0 radical (unpaired) electrons. The van der Waals surface area contributed by atoms with Crippen molar-refractivity contribution in [2.45, 2.75) is 58.8 Å². The number of unbranched alkanes of at least 4 members (excludes halogenated alkanes) is 4. The van der Waals surface area contributed by atoms with E-state index >= 15 is 0 Å². The second kappa shape index (κ2) is 12.2. The van der Waals surface area contributed by atoms with Crippen LogP contribution in [0.5, 0.6) is 17.2 Å². The molecule has 0 atom stereocenters. The molecule has 0 saturated carbocycles. The molecule has 152 valence electrons. The molecular weight excluding hydrogens is 348 g/mol. The Morgan fingerprint density at radius 2 is 1.48 bits per heavy atom. The Morgan fingerprint density at radius 3 is 2.04 bits per heavy atom. The first-order valence-corrected chi connectivity index (χ1v) is 9.54. The average Bonchev–Trinajstić information content (AvgIpc) is 2.66. The number of benzene rings is 1. The standard InChI is InChI=1S/C21H32O6/c1-6-8-9-10-11-12-17(22)16-13-15(14-18(23)27-7-2)19(24-3)21(26-5)20(16)25-4/h13H,6-12,14H2,1-5H3. The van der Waals surface area contributed by atoms with Crippen molar-refractivity contribution in [3.8, 4) is 17.2 Å². The maximum atomic E-state index is 12.8. The van der Waals surface area contributed by atoms with Crippen LogP contribution in [0.3, 0.4) is 0 Å². The molecule has 0 amide bonds. The summed E-state index contributed by atoms with van der Waals surface area (Å²) < 4.78 is 21.3. The lowest BCUT2D eigenvalue weighted by Gasteiger charge is -2.18. The topological polar surface area (TPSA) is 71.1 Å². The minimum Gasteiger partial charge on any atom is -0.492 e. The highest BCUT2D eigenvalue weighted by molar-refractivity contribution is 6.00. The molecule has 0 fully saturated rings. The van der Waals surface area contributed by atoms with Crippen molar-refractivity contribution in [1.29, 1.82) is 0 Å². The van der Waals surface area contributed by atoms with Gasteiger partial charge in [-0.1, -0.05) is 32.6 Å². The van der Waals surface area contributed by atoms with E-state index in [1.807, 2.05) is 0 Å². The van der Waals surface area contributed by atoms with Gasteiger partial charge in [-0.25, -0.2) is 0 Å². The Balaban J connectivity index is 3.16. The first kappa shape index (κ1) is 22.8. The molecule has 6 nitrogen and oxygen atoms in total. The summed E-state index contributed by atoms with van der Waals surface area (Å²) in [4.78, 5) is 24.7. The lowest BCUT2D eigenvalue weighted by Crippen LogP contribution is -2.12. The summed E-state index contributed by atoms with van der Waals surface area (Å²) in [6.07, 6.45) is 5.73. The van der Waals surface area contributed by atoms with Crippen molar-refractivity contribution in [2.75, 3.05) is 27.9 Å². The number of carbonyl (C=O) groups is 2. The SMILES string of the molecule is CCCCCCCC(=O)c1cc(CC(=O)OCC)c(OC)c(OC)c1OC. The van der Waals surface area contributed by atoms with E-state index in [2.05, 4.69) is 6.92 Å². The molecule has 0 aromatic heterocycles. The van der Waals surface area contributed by atoms with Crippen LogP contribution in [0.25, 0.3) is 0 Å². The number of carbonyl (C=O) groups excluding carboxylic acids is 2. The number of ketones is 1. The summed E-state index contributed by atoms with van der Waals surface area (Å²) in [6, 6.07) is 1.66. The zero-order valence-electron chi connectivity index (χ0n) is 17.2. The van der Waals surface area contributed by atoms with Crippen molar-refractivity contribution in [3.05, 3.63) is 17.2 Å². The van der Waals surface area contributed by atoms with Gasteiger partial charge >= 0.3 is 5.97 Å². The highest BCUT2D eigenvalue weighted by atomic mass is 16.5. The van der Waals surface area contributed by atoms with Crippen molar-refractivity contribution < 1.29 is 28.5 Å². The van der Waals surface area contributed by atoms with Gasteiger partial charge in [-0.15, -0.1) is 0 Å². The van der Waals surface area contributed by atoms with Gasteiger partial charge in [-0.2, -0.15) is 0 Å². The Hall–Kier alpha value is -2.24. The quantitative estimate of drug-likeness (QED) is 0.288. The van der Waals surface area contributed by atoms with E-state index in [9.17, 15) is 9.59 Å². The van der Waals surface area contributed by atoms with Crippen LogP contribution < -0.4 is 14.2 Å². The van der Waals surface area contributed by atoms with Gasteiger partial charge in [0.05, 0.1) is 39.9 Å². The fraction of sp³-hybridized carbons (Fsp3) is 0.619. The fourth-order valence-electron chi connectivity index (χ4n) is 3.02. The highest BCUT2D eigenvalue weighted by Gasteiger charge is 2.25. The normalized spacial score (nSPS) is 10.4. The molecule has 6 heteroatoms. The maximum Gasteiger partial charge on any atom is 0.310 e. The molecule has 0 aliphatic heterocycles. The minimum atomic E-state index is -0.388. The molecule has 0 saturated heterocycles. The largest absolute Gasteiger partial charge is 0.492 e. The van der Waals surface area contributed by atoms with E-state index in [1.165, 1.54) is 27.8 Å². The van der Waals surface area contributed by atoms with Crippen LogP contribution in [-0.2, 0) is 16.0 Å². The van der Waals surface area contributed by atoms with Crippen LogP contribution in [0.2, 0.25) is 0 Å². The van der Waals surface area contributed by atoms with E-state index in [1.54, 1.807) is 13.0 Å². The lowest BCUT2D eigenvalue weighted by molar-refractivity contribution is -0.142. The molecule has 0 unspecified atom stereocenters. The Kier molecular flexibility index (Phi) is 10.3. The molecule has 1 aromatic carbocycles. The van der Waals surface area contributed by atoms with Crippen LogP contribution >= 0.6 is 0 Å². The van der Waals surface area contributed by atoms with Crippen molar-refractivity contribution >= 4 is 11.8 Å². The average molecular weight is 380 g/mol. The molecule has 0 N–H and O–H groups in total. The van der Waals surface area contributed by atoms with Crippen LogP contribution in [0, 0.1) is 0 Å². The molecule has 0 aliphatic carbocycles. The second-order valence-corrected chi connectivity index (χ2v) is 6.25. The molecule has 0 spiro atoms. The van der Waals surface area contributed by atoms with Crippen LogP contribution in [0.4, 0.5) is 0 Å². The van der Waals surface area contributed by atoms with E-state index in [4.69, 9.17) is 18.9 Å². The first-order chi connectivity index (χ1) is 13.0. The summed E-state index contributed by atoms with van der Waals surface area (Å²) in [5, 5.41) is 0. The first-order valence-electron chi connectivity index (χ1n) is 9.54. The number of methoxy groups -OCH3 is 3. The predicted molar refractivity (Wildman–Crippen MR) is 104 cm³/mol. The maximum absolute atomic E-state index is 12.8. The minimum absolute atomic E-state index is 0.00581. The summed E-state index contributed by atoms with van der Waals surface area (Å²) in [5.41, 5.74) is 0.952. The molecule has 0 heterocycles. The third kappa shape index (κ3) is 6.45. The highest BCUT2D eigenvalue weighted by Crippen LogP contribution is 2.43. The van der Waals surface area contributed by atoms with Gasteiger partial charge in [0.2, 0.25) is 5.75 Å². The van der Waals surface area contributed by atoms with E-state index in [-0.39, 0.29) is 24.8 Å². The van der Waals surface area contributed by atoms with E-state index < -0.39 is 0 Å². The monoisotopic (exact) mass is 380 g/mol. The van der Waals surface area contributed by atoms with Crippen molar-refractivity contribution in [1.82, 2.24) is 0 Å². The zero-order valence-corrected chi connectivity index (χ0v) is 17.2. The Labute approximate surface area is 162 Å². The van der Waals surface area contributed by atoms with Gasteiger partial charge in [-0.3, -0.25) is 9.59 Å². The van der Waals surface area contributed by atoms with Crippen molar-refractivity contribution in [2.24, 2.45) is 0 Å². The Bertz CT molecular complexity index is 624. The van der Waals surface area contributed by atoms with Crippen LogP contribution in [0.15, 0.2) is 6.07 Å². The van der Waals surface area contributed by atoms with Gasteiger partial charge in [0, 0.05) is 12.0 Å². The number of esters is 1. The van der Waals surface area contributed by atoms with Gasteiger partial charge in [-0.05, 0) is 19.4 Å². The Morgan fingerprint density at radius 1 is 0.852 bits per heavy atom. The van der Waals surface area contributed by atoms with Gasteiger partial charge < -0.3 is 18.9 Å². The lowest BCUT2D eigenvalue weighted by atomic mass is 9.98. The smallest absolute Gasteiger partial charge is 0.310 e. The molecule has 27 heavy (non-hydrogen) atoms. The number of hydrogen-bond donors (Lipinski definition) is 0. The van der Waals surface area contributed by atoms with E-state index in [0.717, 1.165) is 25.7 Å². The second-order valence-electron chi connectivity index (χ2n) is 6.25. The molecular formula is C21H32O6. The summed E-state index contributed by atoms with van der Waals surface area (Å²) in [6.45, 7) is 4.19. The number of hydrogen-bond acceptors (Lipinski definition) is 6. The molecule has 1 rings (SSSR count). The third-order valence-electron chi connectivity index (χ3n) is 4.33. The summed E-state index contributed by atoms with van der Waals surface area (Å²) >= 11 is 0. The van der Waals surface area contributed by atoms with Crippen LogP contribution in [-0.4, -0.2) is 39.7 Å². The summed E-state index contributed by atoms with van der Waals surface area (Å²) in [7, 11) is 4.45. The molecule has 0 aliphatic rings. The number of ether oxygens (including phenoxy) is 4. The van der Waals surface area contributed by atoms with Crippen LogP contribution in [0.1, 0.15) is 68.3 Å². The predicted octanol–water partition coefficient (Wildman–Crippen LogP) is 4.36. The van der Waals surface area contributed by atoms with Gasteiger partial charge in [0.25, 0.3) is 0 Å².